The van der Waals surface area contributed by atoms with Crippen molar-refractivity contribution in [1.82, 2.24) is 4.90 Å². The molecule has 5 heteroatoms. The van der Waals surface area contributed by atoms with Gasteiger partial charge in [0.25, 0.3) is 0 Å². The van der Waals surface area contributed by atoms with E-state index in [1.165, 1.54) is 19.3 Å². The van der Waals surface area contributed by atoms with Gasteiger partial charge < -0.3 is 9.47 Å². The molecule has 1 N–H and O–H groups in total. The lowest BCUT2D eigenvalue weighted by Crippen LogP contribution is -2.37. The summed E-state index contributed by atoms with van der Waals surface area (Å²) in [6.45, 7) is 7.81. The monoisotopic (exact) mass is 334 g/mol. The van der Waals surface area contributed by atoms with Crippen LogP contribution in [0.3, 0.4) is 0 Å². The second-order valence-corrected chi connectivity index (χ2v) is 6.43. The molecule has 1 aromatic rings. The van der Waals surface area contributed by atoms with Gasteiger partial charge in [0.2, 0.25) is 0 Å². The van der Waals surface area contributed by atoms with Crippen LogP contribution in [0.2, 0.25) is 0 Å². The van der Waals surface area contributed by atoms with Gasteiger partial charge >= 0.3 is 6.09 Å². The summed E-state index contributed by atoms with van der Waals surface area (Å²) < 4.78 is 11.0. The molecule has 5 nitrogen and oxygen atoms in total. The Labute approximate surface area is 145 Å². The molecule has 1 amide bonds. The fourth-order valence-electron chi connectivity index (χ4n) is 2.84. The van der Waals surface area contributed by atoms with Crippen molar-refractivity contribution in [2.45, 2.75) is 52.1 Å². The lowest BCUT2D eigenvalue weighted by atomic mass is 10.1. The summed E-state index contributed by atoms with van der Waals surface area (Å²) in [5.74, 6) is 0.820. The average molecular weight is 334 g/mol. The van der Waals surface area contributed by atoms with E-state index in [0.717, 1.165) is 44.8 Å². The molecule has 1 atom stereocenters. The number of nitrogens with zero attached hydrogens (tertiary/aromatic N) is 1. The standard InChI is InChI=1S/C19H30N2O3/c1-3-4-14-23-18-10-8-17(9-11-18)20-19(22)24-16(2)15-21-12-6-5-7-13-21/h8-11,16H,3-7,12-15H2,1-2H3,(H,20,22). The zero-order valence-corrected chi connectivity index (χ0v) is 14.9. The third kappa shape index (κ3) is 6.79. The average Bonchev–Trinajstić information content (AvgIpc) is 2.57. The van der Waals surface area contributed by atoms with E-state index in [2.05, 4.69) is 17.1 Å². The number of anilines is 1. The number of likely N-dealkylation sites (tertiary alicyclic amines) is 1. The number of rotatable bonds is 8. The van der Waals surface area contributed by atoms with Crippen molar-refractivity contribution in [2.75, 3.05) is 31.6 Å². The van der Waals surface area contributed by atoms with Crippen molar-refractivity contribution >= 4 is 11.8 Å². The minimum atomic E-state index is -0.404. The molecule has 1 aromatic carbocycles. The van der Waals surface area contributed by atoms with Gasteiger partial charge in [-0.1, -0.05) is 19.8 Å². The van der Waals surface area contributed by atoms with Gasteiger partial charge in [-0.05, 0) is 63.5 Å². The largest absolute Gasteiger partial charge is 0.494 e. The Balaban J connectivity index is 1.70. The van der Waals surface area contributed by atoms with Gasteiger partial charge in [0, 0.05) is 12.2 Å². The number of hydrogen-bond acceptors (Lipinski definition) is 4. The van der Waals surface area contributed by atoms with E-state index < -0.39 is 6.09 Å². The van der Waals surface area contributed by atoms with Crippen molar-refractivity contribution in [3.8, 4) is 5.75 Å². The molecule has 1 saturated heterocycles. The highest BCUT2D eigenvalue weighted by molar-refractivity contribution is 5.84. The van der Waals surface area contributed by atoms with Crippen molar-refractivity contribution in [2.24, 2.45) is 0 Å². The van der Waals surface area contributed by atoms with Gasteiger partial charge in [-0.3, -0.25) is 10.2 Å². The molecule has 24 heavy (non-hydrogen) atoms. The quantitative estimate of drug-likeness (QED) is 0.721. The summed E-state index contributed by atoms with van der Waals surface area (Å²) in [5, 5.41) is 2.77. The maximum atomic E-state index is 12.0. The molecule has 1 unspecified atom stereocenters. The number of carbonyl (C=O) groups excluding carboxylic acids is 1. The lowest BCUT2D eigenvalue weighted by Gasteiger charge is -2.28. The summed E-state index contributed by atoms with van der Waals surface area (Å²) in [7, 11) is 0. The van der Waals surface area contributed by atoms with Crippen molar-refractivity contribution in [3.05, 3.63) is 24.3 Å². The highest BCUT2D eigenvalue weighted by atomic mass is 16.6. The van der Waals surface area contributed by atoms with E-state index in [1.54, 1.807) is 0 Å². The Morgan fingerprint density at radius 2 is 1.92 bits per heavy atom. The van der Waals surface area contributed by atoms with Crippen LogP contribution in [0.25, 0.3) is 0 Å². The fraction of sp³-hybridized carbons (Fsp3) is 0.632. The maximum Gasteiger partial charge on any atom is 0.411 e. The van der Waals surface area contributed by atoms with Crippen LogP contribution in [-0.2, 0) is 4.74 Å². The van der Waals surface area contributed by atoms with Crippen molar-refractivity contribution in [3.63, 3.8) is 0 Å². The first-order chi connectivity index (χ1) is 11.7. The number of piperidine rings is 1. The van der Waals surface area contributed by atoms with Crippen LogP contribution in [0.5, 0.6) is 5.75 Å². The Kier molecular flexibility index (Phi) is 7.89. The zero-order chi connectivity index (χ0) is 17.2. The summed E-state index contributed by atoms with van der Waals surface area (Å²) in [6, 6.07) is 7.39. The lowest BCUT2D eigenvalue weighted by molar-refractivity contribution is 0.0833. The van der Waals surface area contributed by atoms with E-state index in [4.69, 9.17) is 9.47 Å². The predicted octanol–water partition coefficient (Wildman–Crippen LogP) is 4.29. The molecule has 0 radical (unpaired) electrons. The van der Waals surface area contributed by atoms with E-state index in [9.17, 15) is 4.79 Å². The smallest absolute Gasteiger partial charge is 0.411 e. The summed E-state index contributed by atoms with van der Waals surface area (Å²) in [6.07, 6.45) is 5.43. The van der Waals surface area contributed by atoms with Crippen LogP contribution in [0.4, 0.5) is 10.5 Å². The number of nitrogens with one attached hydrogen (secondary N) is 1. The SMILES string of the molecule is CCCCOc1ccc(NC(=O)OC(C)CN2CCCCC2)cc1. The van der Waals surface area contributed by atoms with Crippen molar-refractivity contribution < 1.29 is 14.3 Å². The Morgan fingerprint density at radius 1 is 1.21 bits per heavy atom. The van der Waals surface area contributed by atoms with E-state index in [0.29, 0.717) is 5.69 Å². The molecule has 2 rings (SSSR count). The third-order valence-electron chi connectivity index (χ3n) is 4.14. The molecule has 0 spiro atoms. The van der Waals surface area contributed by atoms with E-state index >= 15 is 0 Å². The van der Waals surface area contributed by atoms with Crippen LogP contribution in [0, 0.1) is 0 Å². The van der Waals surface area contributed by atoms with Crippen LogP contribution in [0.1, 0.15) is 46.0 Å². The van der Waals surface area contributed by atoms with Gasteiger partial charge in [-0.15, -0.1) is 0 Å². The molecule has 0 aliphatic carbocycles. The molecule has 1 aliphatic heterocycles. The second-order valence-electron chi connectivity index (χ2n) is 6.43. The van der Waals surface area contributed by atoms with Crippen LogP contribution in [0.15, 0.2) is 24.3 Å². The van der Waals surface area contributed by atoms with Gasteiger partial charge in [0.05, 0.1) is 6.61 Å². The Hall–Kier alpha value is -1.75. The highest BCUT2D eigenvalue weighted by Gasteiger charge is 2.16. The second kappa shape index (κ2) is 10.2. The van der Waals surface area contributed by atoms with Gasteiger partial charge in [0.15, 0.2) is 0 Å². The highest BCUT2D eigenvalue weighted by Crippen LogP contribution is 2.16. The molecule has 1 aliphatic rings. The third-order valence-corrected chi connectivity index (χ3v) is 4.14. The number of carbonyl (C=O) groups is 1. The van der Waals surface area contributed by atoms with Gasteiger partial charge in [-0.25, -0.2) is 4.79 Å². The molecule has 0 aromatic heterocycles. The van der Waals surface area contributed by atoms with Crippen LogP contribution in [-0.4, -0.2) is 43.3 Å². The topological polar surface area (TPSA) is 50.8 Å². The summed E-state index contributed by atoms with van der Waals surface area (Å²) >= 11 is 0. The number of benzene rings is 1. The van der Waals surface area contributed by atoms with Gasteiger partial charge in [0.1, 0.15) is 11.9 Å². The molecule has 1 fully saturated rings. The summed E-state index contributed by atoms with van der Waals surface area (Å²) in [4.78, 5) is 14.3. The molecule has 134 valence electrons. The minimum Gasteiger partial charge on any atom is -0.494 e. The molecule has 0 saturated carbocycles. The van der Waals surface area contributed by atoms with Crippen LogP contribution >= 0.6 is 0 Å². The molecular formula is C19H30N2O3. The number of hydrogen-bond donors (Lipinski definition) is 1. The Morgan fingerprint density at radius 3 is 2.58 bits per heavy atom. The van der Waals surface area contributed by atoms with Crippen molar-refractivity contribution in [1.29, 1.82) is 0 Å². The van der Waals surface area contributed by atoms with E-state index in [1.807, 2.05) is 31.2 Å². The molecule has 1 heterocycles. The fourth-order valence-corrected chi connectivity index (χ4v) is 2.84. The zero-order valence-electron chi connectivity index (χ0n) is 14.9. The number of ether oxygens (including phenoxy) is 2. The first-order valence-electron chi connectivity index (χ1n) is 9.10. The van der Waals surface area contributed by atoms with E-state index in [-0.39, 0.29) is 6.10 Å². The van der Waals surface area contributed by atoms with Crippen LogP contribution < -0.4 is 10.1 Å². The summed E-state index contributed by atoms with van der Waals surface area (Å²) in [5.41, 5.74) is 0.716. The number of amides is 1. The minimum absolute atomic E-state index is 0.111. The normalized spacial score (nSPS) is 16.4. The number of unbranched alkanes of at least 4 members (excludes halogenated alkanes) is 1. The Bertz CT molecular complexity index is 484. The first-order valence-corrected chi connectivity index (χ1v) is 9.10. The molecular weight excluding hydrogens is 304 g/mol. The molecule has 0 bridgehead atoms. The van der Waals surface area contributed by atoms with Gasteiger partial charge in [-0.2, -0.15) is 0 Å². The predicted molar refractivity (Wildman–Crippen MR) is 96.7 cm³/mol. The first kappa shape index (κ1) is 18.6. The maximum absolute atomic E-state index is 12.0.